The maximum Gasteiger partial charge on any atom is 0.274 e. The number of fused-ring (bicyclic) bond motifs is 1. The zero-order valence-corrected chi connectivity index (χ0v) is 11.3. The number of rotatable bonds is 4. The van der Waals surface area contributed by atoms with Gasteiger partial charge in [-0.1, -0.05) is 13.8 Å². The Morgan fingerprint density at radius 1 is 1.32 bits per heavy atom. The zero-order valence-electron chi connectivity index (χ0n) is 11.3. The van der Waals surface area contributed by atoms with Crippen molar-refractivity contribution in [3.63, 3.8) is 0 Å². The smallest absolute Gasteiger partial charge is 0.274 e. The number of ether oxygens (including phenoxy) is 2. The second-order valence-electron chi connectivity index (χ2n) is 4.85. The Hall–Kier alpha value is -1.75. The van der Waals surface area contributed by atoms with Crippen molar-refractivity contribution in [3.8, 4) is 11.5 Å². The summed E-state index contributed by atoms with van der Waals surface area (Å²) in [4.78, 5) is 17.0. The molecule has 1 heterocycles. The topological polar surface area (TPSA) is 56.8 Å². The van der Waals surface area contributed by atoms with Gasteiger partial charge in [0.25, 0.3) is 5.91 Å². The maximum absolute atomic E-state index is 11.9. The maximum atomic E-state index is 11.9. The van der Waals surface area contributed by atoms with Crippen LogP contribution in [0, 0.1) is 5.92 Å². The Kier molecular flexibility index (Phi) is 4.63. The Morgan fingerprint density at radius 3 is 2.79 bits per heavy atom. The van der Waals surface area contributed by atoms with Gasteiger partial charge in [0, 0.05) is 12.0 Å². The molecule has 1 N–H and O–H groups in total. The minimum absolute atomic E-state index is 0.281. The van der Waals surface area contributed by atoms with Crippen LogP contribution in [0.4, 0.5) is 0 Å². The van der Waals surface area contributed by atoms with Gasteiger partial charge < -0.3 is 9.47 Å². The van der Waals surface area contributed by atoms with Gasteiger partial charge in [-0.05, 0) is 24.1 Å². The molecule has 0 saturated heterocycles. The van der Waals surface area contributed by atoms with Gasteiger partial charge in [-0.25, -0.2) is 5.48 Å². The van der Waals surface area contributed by atoms with E-state index < -0.39 is 0 Å². The molecule has 5 nitrogen and oxygen atoms in total. The standard InChI is InChI=1S/C14H19NO4/c1-10(2)9-19-15-14(16)11-4-5-12-13(8-11)18-7-3-6-17-12/h4-5,8,10H,3,6-7,9H2,1-2H3,(H,15,16). The van der Waals surface area contributed by atoms with Crippen molar-refractivity contribution in [2.45, 2.75) is 20.3 Å². The largest absolute Gasteiger partial charge is 0.490 e. The molecule has 0 atom stereocenters. The number of hydrogen-bond donors (Lipinski definition) is 1. The van der Waals surface area contributed by atoms with E-state index in [1.165, 1.54) is 0 Å². The van der Waals surface area contributed by atoms with Crippen molar-refractivity contribution in [3.05, 3.63) is 23.8 Å². The van der Waals surface area contributed by atoms with Crippen LogP contribution in [0.1, 0.15) is 30.6 Å². The molecular formula is C14H19NO4. The quantitative estimate of drug-likeness (QED) is 0.848. The van der Waals surface area contributed by atoms with Crippen LogP contribution in [-0.2, 0) is 4.84 Å². The van der Waals surface area contributed by atoms with Crippen LogP contribution < -0.4 is 15.0 Å². The van der Waals surface area contributed by atoms with E-state index in [4.69, 9.17) is 14.3 Å². The molecule has 0 saturated carbocycles. The SMILES string of the molecule is CC(C)CONC(=O)c1ccc2c(c1)OCCCO2. The van der Waals surface area contributed by atoms with E-state index in [9.17, 15) is 4.79 Å². The average molecular weight is 265 g/mol. The van der Waals surface area contributed by atoms with Gasteiger partial charge in [-0.15, -0.1) is 0 Å². The van der Waals surface area contributed by atoms with Crippen molar-refractivity contribution in [1.82, 2.24) is 5.48 Å². The van der Waals surface area contributed by atoms with Crippen LogP contribution in [0.2, 0.25) is 0 Å². The molecule has 0 spiro atoms. The Morgan fingerprint density at radius 2 is 2.05 bits per heavy atom. The van der Waals surface area contributed by atoms with Crippen LogP contribution >= 0.6 is 0 Å². The number of carbonyl (C=O) groups excluding carboxylic acids is 1. The lowest BCUT2D eigenvalue weighted by Crippen LogP contribution is -2.25. The predicted octanol–water partition coefficient (Wildman–Crippen LogP) is 2.17. The molecule has 1 aliphatic heterocycles. The molecule has 19 heavy (non-hydrogen) atoms. The molecule has 0 unspecified atom stereocenters. The van der Waals surface area contributed by atoms with Crippen LogP contribution in [0.25, 0.3) is 0 Å². The first-order valence-corrected chi connectivity index (χ1v) is 6.48. The molecule has 2 rings (SSSR count). The van der Waals surface area contributed by atoms with Gasteiger partial charge in [0.2, 0.25) is 0 Å². The van der Waals surface area contributed by atoms with E-state index in [0.717, 1.165) is 6.42 Å². The van der Waals surface area contributed by atoms with Crippen molar-refractivity contribution < 1.29 is 19.1 Å². The first-order valence-electron chi connectivity index (χ1n) is 6.48. The van der Waals surface area contributed by atoms with Crippen molar-refractivity contribution in [2.75, 3.05) is 19.8 Å². The fourth-order valence-electron chi connectivity index (χ4n) is 1.64. The third kappa shape index (κ3) is 3.86. The van der Waals surface area contributed by atoms with Crippen LogP contribution in [0.3, 0.4) is 0 Å². The number of amides is 1. The number of hydroxylamine groups is 1. The third-order valence-corrected chi connectivity index (χ3v) is 2.59. The lowest BCUT2D eigenvalue weighted by molar-refractivity contribution is 0.0208. The van der Waals surface area contributed by atoms with Crippen LogP contribution in [0.5, 0.6) is 11.5 Å². The molecule has 1 amide bonds. The molecule has 104 valence electrons. The Balaban J connectivity index is 2.00. The molecule has 5 heteroatoms. The highest BCUT2D eigenvalue weighted by Crippen LogP contribution is 2.30. The van der Waals surface area contributed by atoms with Crippen LogP contribution in [0.15, 0.2) is 18.2 Å². The van der Waals surface area contributed by atoms with Crippen molar-refractivity contribution in [2.24, 2.45) is 5.92 Å². The Labute approximate surface area is 112 Å². The highest BCUT2D eigenvalue weighted by Gasteiger charge is 2.14. The lowest BCUT2D eigenvalue weighted by atomic mass is 10.2. The summed E-state index contributed by atoms with van der Waals surface area (Å²) in [6, 6.07) is 5.12. The predicted molar refractivity (Wildman–Crippen MR) is 70.3 cm³/mol. The first-order chi connectivity index (χ1) is 9.16. The summed E-state index contributed by atoms with van der Waals surface area (Å²) >= 11 is 0. The summed E-state index contributed by atoms with van der Waals surface area (Å²) in [5, 5.41) is 0. The van der Waals surface area contributed by atoms with Gasteiger partial charge in [-0.2, -0.15) is 0 Å². The summed E-state index contributed by atoms with van der Waals surface area (Å²) in [5.74, 6) is 1.37. The van der Waals surface area contributed by atoms with E-state index in [0.29, 0.717) is 42.8 Å². The minimum atomic E-state index is -0.281. The second kappa shape index (κ2) is 6.43. The number of benzene rings is 1. The highest BCUT2D eigenvalue weighted by molar-refractivity contribution is 5.94. The molecule has 1 aliphatic rings. The van der Waals surface area contributed by atoms with E-state index >= 15 is 0 Å². The van der Waals surface area contributed by atoms with Crippen molar-refractivity contribution in [1.29, 1.82) is 0 Å². The molecule has 0 radical (unpaired) electrons. The van der Waals surface area contributed by atoms with E-state index in [-0.39, 0.29) is 5.91 Å². The average Bonchev–Trinajstić information content (AvgIpc) is 2.62. The summed E-state index contributed by atoms with van der Waals surface area (Å²) in [6.45, 7) is 5.74. The highest BCUT2D eigenvalue weighted by atomic mass is 16.6. The number of carbonyl (C=O) groups is 1. The van der Waals surface area contributed by atoms with Gasteiger partial charge in [0.1, 0.15) is 0 Å². The molecule has 1 aromatic rings. The number of nitrogens with one attached hydrogen (secondary N) is 1. The van der Waals surface area contributed by atoms with Gasteiger partial charge in [-0.3, -0.25) is 9.63 Å². The lowest BCUT2D eigenvalue weighted by Gasteiger charge is -2.10. The minimum Gasteiger partial charge on any atom is -0.490 e. The summed E-state index contributed by atoms with van der Waals surface area (Å²) < 4.78 is 11.0. The van der Waals surface area contributed by atoms with E-state index in [1.54, 1.807) is 18.2 Å². The molecule has 0 bridgehead atoms. The third-order valence-electron chi connectivity index (χ3n) is 2.59. The van der Waals surface area contributed by atoms with Gasteiger partial charge in [0.15, 0.2) is 11.5 Å². The van der Waals surface area contributed by atoms with Crippen molar-refractivity contribution >= 4 is 5.91 Å². The molecule has 0 fully saturated rings. The Bertz CT molecular complexity index is 445. The zero-order chi connectivity index (χ0) is 13.7. The molecular weight excluding hydrogens is 246 g/mol. The van der Waals surface area contributed by atoms with E-state index in [1.807, 2.05) is 13.8 Å². The molecule has 0 aliphatic carbocycles. The summed E-state index contributed by atoms with van der Waals surface area (Å²) in [7, 11) is 0. The van der Waals surface area contributed by atoms with Gasteiger partial charge >= 0.3 is 0 Å². The normalized spacial score (nSPS) is 14.1. The van der Waals surface area contributed by atoms with Crippen LogP contribution in [-0.4, -0.2) is 25.7 Å². The number of hydrogen-bond acceptors (Lipinski definition) is 4. The fourth-order valence-corrected chi connectivity index (χ4v) is 1.64. The van der Waals surface area contributed by atoms with E-state index in [2.05, 4.69) is 5.48 Å². The summed E-state index contributed by atoms with van der Waals surface area (Å²) in [5.41, 5.74) is 2.91. The molecule has 1 aromatic carbocycles. The molecule has 0 aromatic heterocycles. The summed E-state index contributed by atoms with van der Waals surface area (Å²) in [6.07, 6.45) is 0.841. The first kappa shape index (κ1) is 13.7. The monoisotopic (exact) mass is 265 g/mol. The van der Waals surface area contributed by atoms with Gasteiger partial charge in [0.05, 0.1) is 19.8 Å². The second-order valence-corrected chi connectivity index (χ2v) is 4.85. The fraction of sp³-hybridized carbons (Fsp3) is 0.500.